The molecule has 0 aliphatic rings. The van der Waals surface area contributed by atoms with Crippen molar-refractivity contribution in [1.82, 2.24) is 0 Å². The van der Waals surface area contributed by atoms with Crippen LogP contribution in [0.15, 0.2) is 5.18 Å². The Kier molecular flexibility index (Phi) is 6.32. The van der Waals surface area contributed by atoms with Gasteiger partial charge in [0, 0.05) is 7.11 Å². The smallest absolute Gasteiger partial charge is 0.154 e. The second-order valence-electron chi connectivity index (χ2n) is 2.04. The summed E-state index contributed by atoms with van der Waals surface area (Å²) in [7, 11) is 1.45. The van der Waals surface area contributed by atoms with Gasteiger partial charge < -0.3 is 9.84 Å². The highest BCUT2D eigenvalue weighted by molar-refractivity contribution is 4.46. The fourth-order valence-electron chi connectivity index (χ4n) is 0.613. The van der Waals surface area contributed by atoms with Crippen molar-refractivity contribution in [2.24, 2.45) is 5.18 Å². The van der Waals surface area contributed by atoms with Gasteiger partial charge in [-0.25, -0.2) is 0 Å². The van der Waals surface area contributed by atoms with E-state index >= 15 is 0 Å². The van der Waals surface area contributed by atoms with E-state index in [4.69, 9.17) is 5.11 Å². The summed E-state index contributed by atoms with van der Waals surface area (Å²) >= 11 is 0. The summed E-state index contributed by atoms with van der Waals surface area (Å²) in [5.74, 6) is 0. The second-order valence-corrected chi connectivity index (χ2v) is 2.04. The number of nitrogens with zero attached hydrogens (tertiary/aromatic N) is 1. The van der Waals surface area contributed by atoms with E-state index in [1.54, 1.807) is 0 Å². The predicted octanol–water partition coefficient (Wildman–Crippen LogP) is 0.888. The van der Waals surface area contributed by atoms with Crippen LogP contribution >= 0.6 is 0 Å². The van der Waals surface area contributed by atoms with Crippen LogP contribution in [0.4, 0.5) is 0 Å². The zero-order chi connectivity index (χ0) is 7.82. The molecular weight excluding hydrogens is 134 g/mol. The second kappa shape index (κ2) is 6.64. The highest BCUT2D eigenvalue weighted by atomic mass is 16.6. The van der Waals surface area contributed by atoms with Crippen molar-refractivity contribution in [3.8, 4) is 0 Å². The number of aliphatic hydroxyl groups is 1. The number of unbranched alkanes of at least 4 members (excludes halogenated alkanes) is 1. The van der Waals surface area contributed by atoms with Gasteiger partial charge in [0.05, 0.1) is 6.54 Å². The normalized spacial score (nSPS) is 13.0. The number of ether oxygens (including phenoxy) is 1. The molecule has 0 aromatic rings. The van der Waals surface area contributed by atoms with Gasteiger partial charge in [-0.1, -0.05) is 5.18 Å². The van der Waals surface area contributed by atoms with E-state index in [1.807, 2.05) is 0 Å². The Balaban J connectivity index is 2.95. The first-order valence-corrected chi connectivity index (χ1v) is 3.31. The molecule has 0 radical (unpaired) electrons. The van der Waals surface area contributed by atoms with E-state index in [9.17, 15) is 4.91 Å². The molecule has 4 heteroatoms. The summed E-state index contributed by atoms with van der Waals surface area (Å²) in [6.07, 6.45) is 1.39. The number of nitroso groups, excluding NO2 is 1. The third-order valence-corrected chi connectivity index (χ3v) is 1.22. The Bertz CT molecular complexity index is 87.1. The number of hydrogen-bond donors (Lipinski definition) is 1. The summed E-state index contributed by atoms with van der Waals surface area (Å²) < 4.78 is 4.58. The van der Waals surface area contributed by atoms with Crippen molar-refractivity contribution in [1.29, 1.82) is 0 Å². The SMILES string of the molecule is CO[C@@H](O)CCCCN=O. The van der Waals surface area contributed by atoms with Gasteiger partial charge in [0.15, 0.2) is 6.29 Å². The van der Waals surface area contributed by atoms with E-state index < -0.39 is 6.29 Å². The first-order chi connectivity index (χ1) is 4.81. The van der Waals surface area contributed by atoms with Crippen molar-refractivity contribution in [2.75, 3.05) is 13.7 Å². The van der Waals surface area contributed by atoms with Gasteiger partial charge in [0.1, 0.15) is 0 Å². The summed E-state index contributed by atoms with van der Waals surface area (Å²) in [5, 5.41) is 11.5. The fourth-order valence-corrected chi connectivity index (χ4v) is 0.613. The van der Waals surface area contributed by atoms with Gasteiger partial charge in [-0.15, -0.1) is 0 Å². The lowest BCUT2D eigenvalue weighted by Crippen LogP contribution is -2.08. The van der Waals surface area contributed by atoms with Crippen LogP contribution in [0.1, 0.15) is 19.3 Å². The molecule has 0 bridgehead atoms. The van der Waals surface area contributed by atoms with Crippen molar-refractivity contribution in [3.63, 3.8) is 0 Å². The van der Waals surface area contributed by atoms with Crippen molar-refractivity contribution in [3.05, 3.63) is 4.91 Å². The lowest BCUT2D eigenvalue weighted by Gasteiger charge is -2.05. The first kappa shape index (κ1) is 9.52. The maximum atomic E-state index is 9.58. The molecule has 1 atom stereocenters. The van der Waals surface area contributed by atoms with E-state index in [2.05, 4.69) is 9.91 Å². The quantitative estimate of drug-likeness (QED) is 0.345. The Labute approximate surface area is 60.2 Å². The predicted molar refractivity (Wildman–Crippen MR) is 37.5 cm³/mol. The van der Waals surface area contributed by atoms with Gasteiger partial charge in [-0.2, -0.15) is 4.91 Å². The molecule has 0 spiro atoms. The molecule has 0 heterocycles. The topological polar surface area (TPSA) is 58.9 Å². The average Bonchev–Trinajstić information content (AvgIpc) is 1.98. The minimum absolute atomic E-state index is 0.330. The average molecular weight is 147 g/mol. The van der Waals surface area contributed by atoms with Gasteiger partial charge in [0.25, 0.3) is 0 Å². The van der Waals surface area contributed by atoms with Gasteiger partial charge in [0.2, 0.25) is 0 Å². The van der Waals surface area contributed by atoms with Crippen LogP contribution < -0.4 is 0 Å². The zero-order valence-corrected chi connectivity index (χ0v) is 6.12. The van der Waals surface area contributed by atoms with Crippen LogP contribution in [0.25, 0.3) is 0 Å². The molecule has 0 aromatic heterocycles. The molecule has 0 amide bonds. The minimum atomic E-state index is -0.688. The Hall–Kier alpha value is -0.480. The molecule has 0 unspecified atom stereocenters. The third kappa shape index (κ3) is 5.65. The molecule has 0 fully saturated rings. The lowest BCUT2D eigenvalue weighted by molar-refractivity contribution is -0.0791. The highest BCUT2D eigenvalue weighted by Crippen LogP contribution is 2.00. The number of hydrogen-bond acceptors (Lipinski definition) is 4. The Morgan fingerprint density at radius 1 is 1.60 bits per heavy atom. The van der Waals surface area contributed by atoms with Crippen molar-refractivity contribution >= 4 is 0 Å². The largest absolute Gasteiger partial charge is 0.368 e. The zero-order valence-electron chi connectivity index (χ0n) is 6.12. The molecular formula is C6H13NO3. The molecule has 0 aliphatic heterocycles. The molecule has 0 saturated carbocycles. The van der Waals surface area contributed by atoms with Crippen LogP contribution in [-0.4, -0.2) is 25.1 Å². The standard InChI is InChI=1S/C6H13NO3/c1-10-6(8)4-2-3-5-7-9/h6,8H,2-5H2,1H3/t6-/m1/s1. The molecule has 10 heavy (non-hydrogen) atoms. The van der Waals surface area contributed by atoms with E-state index in [-0.39, 0.29) is 0 Å². The number of rotatable bonds is 6. The fraction of sp³-hybridized carbons (Fsp3) is 1.00. The molecule has 4 nitrogen and oxygen atoms in total. The highest BCUT2D eigenvalue weighted by Gasteiger charge is 1.98. The molecule has 0 aromatic carbocycles. The minimum Gasteiger partial charge on any atom is -0.368 e. The maximum absolute atomic E-state index is 9.58. The Morgan fingerprint density at radius 3 is 2.80 bits per heavy atom. The number of aliphatic hydroxyl groups excluding tert-OH is 1. The molecule has 0 rings (SSSR count). The Morgan fingerprint density at radius 2 is 2.30 bits per heavy atom. The van der Waals surface area contributed by atoms with Gasteiger partial charge >= 0.3 is 0 Å². The molecule has 60 valence electrons. The monoisotopic (exact) mass is 147 g/mol. The van der Waals surface area contributed by atoms with Gasteiger partial charge in [-0.05, 0) is 19.3 Å². The molecule has 0 saturated heterocycles. The third-order valence-electron chi connectivity index (χ3n) is 1.22. The van der Waals surface area contributed by atoms with Crippen LogP contribution in [-0.2, 0) is 4.74 Å². The van der Waals surface area contributed by atoms with Gasteiger partial charge in [-0.3, -0.25) is 0 Å². The lowest BCUT2D eigenvalue weighted by atomic mass is 10.2. The molecule has 1 N–H and O–H groups in total. The maximum Gasteiger partial charge on any atom is 0.154 e. The van der Waals surface area contributed by atoms with Crippen molar-refractivity contribution in [2.45, 2.75) is 25.6 Å². The summed E-state index contributed by atoms with van der Waals surface area (Å²) in [5.41, 5.74) is 0. The van der Waals surface area contributed by atoms with Crippen LogP contribution in [0.5, 0.6) is 0 Å². The number of methoxy groups -OCH3 is 1. The summed E-state index contributed by atoms with van der Waals surface area (Å²) in [6.45, 7) is 0.330. The van der Waals surface area contributed by atoms with Crippen LogP contribution in [0, 0.1) is 4.91 Å². The first-order valence-electron chi connectivity index (χ1n) is 3.31. The van der Waals surface area contributed by atoms with E-state index in [0.717, 1.165) is 12.8 Å². The molecule has 0 aliphatic carbocycles. The van der Waals surface area contributed by atoms with Crippen molar-refractivity contribution < 1.29 is 9.84 Å². The van der Waals surface area contributed by atoms with E-state index in [1.165, 1.54) is 7.11 Å². The van der Waals surface area contributed by atoms with E-state index in [0.29, 0.717) is 13.0 Å². The summed E-state index contributed by atoms with van der Waals surface area (Å²) in [4.78, 5) is 9.58. The van der Waals surface area contributed by atoms with Crippen LogP contribution in [0.3, 0.4) is 0 Å². The van der Waals surface area contributed by atoms with Crippen LogP contribution in [0.2, 0.25) is 0 Å². The summed E-state index contributed by atoms with van der Waals surface area (Å²) in [6, 6.07) is 0.